The summed E-state index contributed by atoms with van der Waals surface area (Å²) in [6.45, 7) is 0. The van der Waals surface area contributed by atoms with Crippen molar-refractivity contribution in [3.05, 3.63) is 127 Å². The SMILES string of the molecule is NC(=O)C(=O)C(Cc1cc(NC(=O)C(=O)C(Cc2nsc3ccccc23)NC(=O)c2cncn2-c2ccccn2)on1)NC(=O)c1cncn1-c1ccccn1. The number of carbonyl (C=O) groups is 6. The molecule has 0 aliphatic rings. The monoisotopic (exact) mass is 772 g/mol. The van der Waals surface area contributed by atoms with Gasteiger partial charge in [-0.05, 0) is 41.9 Å². The van der Waals surface area contributed by atoms with E-state index in [0.717, 1.165) is 10.1 Å². The first kappa shape index (κ1) is 36.6. The Morgan fingerprint density at radius 2 is 1.34 bits per heavy atom. The van der Waals surface area contributed by atoms with Crippen LogP contribution in [0.4, 0.5) is 5.88 Å². The highest BCUT2D eigenvalue weighted by Crippen LogP contribution is 2.24. The lowest BCUT2D eigenvalue weighted by Gasteiger charge is -2.17. The first-order chi connectivity index (χ1) is 27.2. The third kappa shape index (κ3) is 7.94. The number of nitrogens with one attached hydrogen (secondary N) is 3. The number of hydrogen-bond acceptors (Lipinski definition) is 14. The first-order valence-corrected chi connectivity index (χ1v) is 17.4. The van der Waals surface area contributed by atoms with Crippen LogP contribution in [0, 0.1) is 0 Å². The van der Waals surface area contributed by atoms with Crippen molar-refractivity contribution in [1.29, 1.82) is 0 Å². The van der Waals surface area contributed by atoms with Gasteiger partial charge >= 0.3 is 0 Å². The Balaban J connectivity index is 1.07. The average molecular weight is 773 g/mol. The van der Waals surface area contributed by atoms with E-state index in [4.69, 9.17) is 10.3 Å². The summed E-state index contributed by atoms with van der Waals surface area (Å²) in [6, 6.07) is 15.7. The summed E-state index contributed by atoms with van der Waals surface area (Å²) in [5, 5.41) is 12.0. The van der Waals surface area contributed by atoms with Crippen LogP contribution in [0.5, 0.6) is 0 Å². The largest absolute Gasteiger partial charge is 0.363 e. The molecule has 6 heterocycles. The predicted molar refractivity (Wildman–Crippen MR) is 197 cm³/mol. The van der Waals surface area contributed by atoms with Gasteiger partial charge in [0.1, 0.15) is 47.8 Å². The highest BCUT2D eigenvalue weighted by molar-refractivity contribution is 7.13. The smallest absolute Gasteiger partial charge is 0.296 e. The summed E-state index contributed by atoms with van der Waals surface area (Å²) in [6.07, 6.45) is 7.82. The standard InChI is InChI=1S/C36H28N12O7S/c37-33(51)31(49)23(42-34(52)25-16-38-18-47(25)28-9-3-5-11-40-28)13-20-14-30(55-45-20)44-36(54)32(50)24(15-22-21-7-1-2-8-27(21)56-46-22)43-35(53)26-17-39-19-48(26)29-10-4-6-12-41-29/h1-12,14,16-19,23-24H,13,15H2,(H2,37,51)(H,42,52)(H,43,53)(H,44,54). The Morgan fingerprint density at radius 1 is 0.750 bits per heavy atom. The number of Topliss-reactive ketones (excluding diaryl/α,β-unsaturated/α-hetero) is 2. The fourth-order valence-corrected chi connectivity index (χ4v) is 6.43. The summed E-state index contributed by atoms with van der Waals surface area (Å²) in [5.74, 6) is -5.69. The number of fused-ring (bicyclic) bond motifs is 1. The second-order valence-electron chi connectivity index (χ2n) is 12.0. The number of hydrogen-bond donors (Lipinski definition) is 4. The van der Waals surface area contributed by atoms with Crippen molar-refractivity contribution >= 4 is 62.7 Å². The number of carbonyl (C=O) groups excluding carboxylic acids is 6. The highest BCUT2D eigenvalue weighted by Gasteiger charge is 2.32. The minimum Gasteiger partial charge on any atom is -0.363 e. The van der Waals surface area contributed by atoms with Crippen molar-refractivity contribution in [3.63, 3.8) is 0 Å². The van der Waals surface area contributed by atoms with Crippen molar-refractivity contribution in [2.24, 2.45) is 5.73 Å². The molecule has 7 rings (SSSR count). The maximum Gasteiger partial charge on any atom is 0.296 e. The number of rotatable bonds is 15. The van der Waals surface area contributed by atoms with Gasteiger partial charge < -0.3 is 20.9 Å². The van der Waals surface area contributed by atoms with Gasteiger partial charge in [0.25, 0.3) is 23.6 Å². The van der Waals surface area contributed by atoms with Crippen LogP contribution in [0.3, 0.4) is 0 Å². The number of amides is 4. The normalized spacial score (nSPS) is 12.1. The molecule has 19 nitrogen and oxygen atoms in total. The van der Waals surface area contributed by atoms with E-state index < -0.39 is 53.7 Å². The van der Waals surface area contributed by atoms with Gasteiger partial charge in [0.2, 0.25) is 17.5 Å². The number of aromatic nitrogens is 8. The van der Waals surface area contributed by atoms with Crippen LogP contribution in [0.1, 0.15) is 32.4 Å². The molecular weight excluding hydrogens is 745 g/mol. The number of nitrogens with two attached hydrogens (primary N) is 1. The third-order valence-electron chi connectivity index (χ3n) is 8.30. The second kappa shape index (κ2) is 16.1. The Hall–Kier alpha value is -7.74. The number of anilines is 1. The van der Waals surface area contributed by atoms with Gasteiger partial charge in [0.05, 0.1) is 28.5 Å². The molecule has 7 aromatic rings. The van der Waals surface area contributed by atoms with E-state index in [2.05, 4.69) is 45.4 Å². The number of imidazole rings is 2. The van der Waals surface area contributed by atoms with E-state index >= 15 is 0 Å². The highest BCUT2D eigenvalue weighted by atomic mass is 32.1. The van der Waals surface area contributed by atoms with Crippen molar-refractivity contribution in [3.8, 4) is 11.6 Å². The molecule has 0 aliphatic carbocycles. The maximum absolute atomic E-state index is 13.8. The Kier molecular flexibility index (Phi) is 10.5. The number of primary amides is 1. The first-order valence-electron chi connectivity index (χ1n) is 16.6. The van der Waals surface area contributed by atoms with Crippen molar-refractivity contribution < 1.29 is 33.3 Å². The number of ketones is 2. The van der Waals surface area contributed by atoms with E-state index in [-0.39, 0.29) is 29.4 Å². The lowest BCUT2D eigenvalue weighted by Crippen LogP contribution is -2.47. The molecular formula is C36H28N12O7S. The molecule has 0 aliphatic heterocycles. The zero-order chi connectivity index (χ0) is 39.2. The molecule has 6 aromatic heterocycles. The van der Waals surface area contributed by atoms with E-state index in [1.54, 1.807) is 48.7 Å². The number of pyridine rings is 2. The molecule has 0 bridgehead atoms. The van der Waals surface area contributed by atoms with E-state index in [1.165, 1.54) is 58.0 Å². The van der Waals surface area contributed by atoms with Crippen LogP contribution in [-0.2, 0) is 32.0 Å². The van der Waals surface area contributed by atoms with Gasteiger partial charge in [-0.2, -0.15) is 4.37 Å². The molecule has 20 heteroatoms. The fraction of sp³-hybridized carbons (Fsp3) is 0.111. The van der Waals surface area contributed by atoms with Gasteiger partial charge in [0, 0.05) is 36.7 Å². The average Bonchev–Trinajstić information content (AvgIpc) is 4.05. The minimum atomic E-state index is -1.51. The molecule has 4 amide bonds. The zero-order valence-electron chi connectivity index (χ0n) is 28.8. The number of benzene rings is 1. The van der Waals surface area contributed by atoms with Gasteiger partial charge in [-0.3, -0.25) is 43.2 Å². The summed E-state index contributed by atoms with van der Waals surface area (Å²) in [7, 11) is 0. The predicted octanol–water partition coefficient (Wildman–Crippen LogP) is 1.39. The quantitative estimate of drug-likeness (QED) is 0.108. The van der Waals surface area contributed by atoms with Crippen LogP contribution >= 0.6 is 11.5 Å². The van der Waals surface area contributed by atoms with Crippen LogP contribution in [-0.4, -0.2) is 85.9 Å². The summed E-state index contributed by atoms with van der Waals surface area (Å²) < 4.78 is 13.3. The molecule has 2 atom stereocenters. The fourth-order valence-electron chi connectivity index (χ4n) is 5.62. The molecule has 0 saturated heterocycles. The van der Waals surface area contributed by atoms with Crippen LogP contribution in [0.25, 0.3) is 21.7 Å². The molecule has 0 fully saturated rings. The lowest BCUT2D eigenvalue weighted by atomic mass is 10.0. The summed E-state index contributed by atoms with van der Waals surface area (Å²) in [4.78, 5) is 95.3. The Morgan fingerprint density at radius 3 is 1.93 bits per heavy atom. The van der Waals surface area contributed by atoms with Crippen LogP contribution < -0.4 is 21.7 Å². The molecule has 1 aromatic carbocycles. The maximum atomic E-state index is 13.8. The molecule has 0 saturated carbocycles. The van der Waals surface area contributed by atoms with E-state index in [0.29, 0.717) is 17.3 Å². The Labute approximate surface area is 319 Å². The molecule has 0 spiro atoms. The lowest BCUT2D eigenvalue weighted by molar-refractivity contribution is -0.137. The molecule has 2 unspecified atom stereocenters. The van der Waals surface area contributed by atoms with Gasteiger partial charge in [-0.1, -0.05) is 35.5 Å². The molecule has 0 radical (unpaired) electrons. The van der Waals surface area contributed by atoms with Gasteiger partial charge in [0.15, 0.2) is 0 Å². The van der Waals surface area contributed by atoms with Crippen LogP contribution in [0.15, 0.2) is 109 Å². The van der Waals surface area contributed by atoms with Crippen molar-refractivity contribution in [2.45, 2.75) is 24.9 Å². The molecule has 5 N–H and O–H groups in total. The van der Waals surface area contributed by atoms with Gasteiger partial charge in [-0.15, -0.1) is 0 Å². The van der Waals surface area contributed by atoms with E-state index in [9.17, 15) is 28.8 Å². The summed E-state index contributed by atoms with van der Waals surface area (Å²) >= 11 is 1.20. The zero-order valence-corrected chi connectivity index (χ0v) is 29.6. The molecule has 280 valence electrons. The number of nitrogens with zero attached hydrogens (tertiary/aromatic N) is 8. The van der Waals surface area contributed by atoms with Crippen molar-refractivity contribution in [2.75, 3.05) is 5.32 Å². The van der Waals surface area contributed by atoms with E-state index in [1.807, 2.05) is 18.2 Å². The van der Waals surface area contributed by atoms with Crippen molar-refractivity contribution in [1.82, 2.24) is 49.2 Å². The second-order valence-corrected chi connectivity index (χ2v) is 12.8. The summed E-state index contributed by atoms with van der Waals surface area (Å²) in [5.41, 5.74) is 5.82. The third-order valence-corrected chi connectivity index (χ3v) is 9.17. The topological polar surface area (TPSA) is 265 Å². The van der Waals surface area contributed by atoms with Crippen LogP contribution in [0.2, 0.25) is 0 Å². The van der Waals surface area contributed by atoms with Gasteiger partial charge in [-0.25, -0.2) is 19.9 Å². The Bertz CT molecular complexity index is 2580. The minimum absolute atomic E-state index is 0.00562. The molecule has 56 heavy (non-hydrogen) atoms.